The molecule has 2 aromatic heterocycles. The van der Waals surface area contributed by atoms with Gasteiger partial charge in [0.1, 0.15) is 0 Å². The minimum absolute atomic E-state index is 0.252. The SMILES string of the molecule is C1=C[N-]/C(=C/CC(CC(CC(c2ccccc2)c2ccccc2)c2ccccn2)c2ccccn2)C=C1. The van der Waals surface area contributed by atoms with E-state index >= 15 is 0 Å². The highest BCUT2D eigenvalue weighted by Gasteiger charge is 2.26. The lowest BCUT2D eigenvalue weighted by Crippen LogP contribution is -2.14. The lowest BCUT2D eigenvalue weighted by atomic mass is 9.78. The van der Waals surface area contributed by atoms with Gasteiger partial charge in [-0.15, -0.1) is 5.70 Å². The zero-order chi connectivity index (χ0) is 25.1. The Bertz CT molecular complexity index is 1270. The molecule has 0 amide bonds. The van der Waals surface area contributed by atoms with Gasteiger partial charge in [-0.3, -0.25) is 9.97 Å². The molecule has 4 aromatic rings. The Morgan fingerprint density at radius 1 is 0.622 bits per heavy atom. The molecule has 0 radical (unpaired) electrons. The molecule has 2 atom stereocenters. The number of pyridine rings is 2. The van der Waals surface area contributed by atoms with Gasteiger partial charge in [0.05, 0.1) is 0 Å². The van der Waals surface area contributed by atoms with Crippen molar-refractivity contribution in [2.45, 2.75) is 37.0 Å². The van der Waals surface area contributed by atoms with Crippen LogP contribution >= 0.6 is 0 Å². The van der Waals surface area contributed by atoms with Gasteiger partial charge in [0.2, 0.25) is 0 Å². The van der Waals surface area contributed by atoms with Crippen LogP contribution in [0, 0.1) is 0 Å². The fraction of sp³-hybridized carbons (Fsp3) is 0.176. The van der Waals surface area contributed by atoms with Crippen molar-refractivity contribution in [3.63, 3.8) is 0 Å². The summed E-state index contributed by atoms with van der Waals surface area (Å²) in [5.41, 5.74) is 5.93. The molecule has 0 aliphatic carbocycles. The summed E-state index contributed by atoms with van der Waals surface area (Å²) < 4.78 is 0. The van der Waals surface area contributed by atoms with Crippen LogP contribution in [0.15, 0.2) is 146 Å². The summed E-state index contributed by atoms with van der Waals surface area (Å²) in [6, 6.07) is 34.2. The molecule has 37 heavy (non-hydrogen) atoms. The van der Waals surface area contributed by atoms with E-state index in [1.54, 1.807) is 0 Å². The maximum Gasteiger partial charge on any atom is 0.0437 e. The first-order valence-electron chi connectivity index (χ1n) is 13.0. The third-order valence-corrected chi connectivity index (χ3v) is 7.00. The highest BCUT2D eigenvalue weighted by molar-refractivity contribution is 5.41. The van der Waals surface area contributed by atoms with Crippen LogP contribution in [-0.4, -0.2) is 9.97 Å². The molecule has 0 bridgehead atoms. The van der Waals surface area contributed by atoms with Gasteiger partial charge in [-0.1, -0.05) is 97.1 Å². The zero-order valence-electron chi connectivity index (χ0n) is 21.0. The molecule has 2 aromatic carbocycles. The molecule has 1 aliphatic heterocycles. The van der Waals surface area contributed by atoms with Gasteiger partial charge in [0, 0.05) is 41.5 Å². The molecule has 0 saturated heterocycles. The highest BCUT2D eigenvalue weighted by Crippen LogP contribution is 2.40. The smallest absolute Gasteiger partial charge is 0.0437 e. The van der Waals surface area contributed by atoms with Crippen LogP contribution in [0.1, 0.15) is 59.5 Å². The Morgan fingerprint density at radius 3 is 1.76 bits per heavy atom. The van der Waals surface area contributed by atoms with Crippen LogP contribution in [0.3, 0.4) is 0 Å². The summed E-state index contributed by atoms with van der Waals surface area (Å²) in [5.74, 6) is 0.789. The number of aromatic nitrogens is 2. The average molecular weight is 483 g/mol. The van der Waals surface area contributed by atoms with Crippen molar-refractivity contribution < 1.29 is 0 Å². The molecule has 0 fully saturated rings. The van der Waals surface area contributed by atoms with Crippen LogP contribution in [0.2, 0.25) is 0 Å². The van der Waals surface area contributed by atoms with E-state index in [4.69, 9.17) is 9.97 Å². The molecule has 3 heteroatoms. The Labute approximate surface area is 220 Å². The molecule has 184 valence electrons. The van der Waals surface area contributed by atoms with Gasteiger partial charge in [0.15, 0.2) is 0 Å². The lowest BCUT2D eigenvalue weighted by Gasteiger charge is -2.28. The van der Waals surface area contributed by atoms with Crippen LogP contribution in [0.25, 0.3) is 5.32 Å². The molecule has 0 spiro atoms. The van der Waals surface area contributed by atoms with Crippen molar-refractivity contribution in [2.75, 3.05) is 0 Å². The second-order valence-corrected chi connectivity index (χ2v) is 9.44. The molecule has 2 unspecified atom stereocenters. The van der Waals surface area contributed by atoms with Gasteiger partial charge in [-0.2, -0.15) is 6.20 Å². The molecule has 0 N–H and O–H groups in total. The monoisotopic (exact) mass is 482 g/mol. The molecule has 3 heterocycles. The van der Waals surface area contributed by atoms with E-state index in [2.05, 4.69) is 102 Å². The summed E-state index contributed by atoms with van der Waals surface area (Å²) in [4.78, 5) is 9.61. The first-order chi connectivity index (χ1) is 18.4. The highest BCUT2D eigenvalue weighted by atomic mass is 14.8. The Balaban J connectivity index is 1.49. The minimum atomic E-state index is 0.252. The van der Waals surface area contributed by atoms with Crippen molar-refractivity contribution in [1.29, 1.82) is 0 Å². The second-order valence-electron chi connectivity index (χ2n) is 9.44. The van der Waals surface area contributed by atoms with E-state index in [1.165, 1.54) is 11.1 Å². The third kappa shape index (κ3) is 6.71. The summed E-state index contributed by atoms with van der Waals surface area (Å²) >= 11 is 0. The van der Waals surface area contributed by atoms with Crippen molar-refractivity contribution >= 4 is 0 Å². The summed E-state index contributed by atoms with van der Waals surface area (Å²) in [6.45, 7) is 0. The van der Waals surface area contributed by atoms with Crippen LogP contribution in [0.5, 0.6) is 0 Å². The molecular formula is C34H32N3-. The number of benzene rings is 2. The van der Waals surface area contributed by atoms with Crippen molar-refractivity contribution in [1.82, 2.24) is 9.97 Å². The predicted molar refractivity (Wildman–Crippen MR) is 152 cm³/mol. The fourth-order valence-corrected chi connectivity index (χ4v) is 5.13. The van der Waals surface area contributed by atoms with E-state index in [1.807, 2.05) is 42.9 Å². The van der Waals surface area contributed by atoms with Crippen molar-refractivity contribution in [3.8, 4) is 0 Å². The molecule has 0 saturated carbocycles. The zero-order valence-corrected chi connectivity index (χ0v) is 21.0. The molecule has 1 aliphatic rings. The van der Waals surface area contributed by atoms with Crippen molar-refractivity contribution in [3.05, 3.63) is 173 Å². The number of rotatable bonds is 10. The van der Waals surface area contributed by atoms with Gasteiger partial charge in [-0.05, 0) is 54.7 Å². The Kier molecular flexibility index (Phi) is 8.35. The first-order valence-corrected chi connectivity index (χ1v) is 13.0. The third-order valence-electron chi connectivity index (χ3n) is 7.00. The number of allylic oxidation sites excluding steroid dienone is 4. The van der Waals surface area contributed by atoms with Gasteiger partial charge < -0.3 is 5.32 Å². The topological polar surface area (TPSA) is 39.9 Å². The maximum absolute atomic E-state index is 4.84. The number of hydrogen-bond donors (Lipinski definition) is 0. The first kappa shape index (κ1) is 24.5. The van der Waals surface area contributed by atoms with E-state index in [0.717, 1.165) is 36.3 Å². The average Bonchev–Trinajstić information content (AvgIpc) is 2.99. The normalized spacial score (nSPS) is 15.4. The molecular weight excluding hydrogens is 450 g/mol. The lowest BCUT2D eigenvalue weighted by molar-refractivity contribution is 0.471. The predicted octanol–water partition coefficient (Wildman–Crippen LogP) is 8.69. The largest absolute Gasteiger partial charge is 0.664 e. The molecule has 5 rings (SSSR count). The quantitative estimate of drug-likeness (QED) is 0.227. The van der Waals surface area contributed by atoms with E-state index < -0.39 is 0 Å². The van der Waals surface area contributed by atoms with Crippen LogP contribution in [-0.2, 0) is 0 Å². The summed E-state index contributed by atoms with van der Waals surface area (Å²) in [6.07, 6.45) is 16.8. The van der Waals surface area contributed by atoms with Gasteiger partial charge >= 0.3 is 0 Å². The summed E-state index contributed by atoms with van der Waals surface area (Å²) in [5, 5.41) is 4.52. The van der Waals surface area contributed by atoms with Gasteiger partial charge in [-0.25, -0.2) is 0 Å². The number of hydrogen-bond acceptors (Lipinski definition) is 2. The van der Waals surface area contributed by atoms with E-state index in [0.29, 0.717) is 0 Å². The van der Waals surface area contributed by atoms with Crippen molar-refractivity contribution in [2.24, 2.45) is 0 Å². The Hall–Kier alpha value is -4.24. The maximum atomic E-state index is 4.84. The standard InChI is InChI=1S/C34H32N3/c1-3-13-27(14-4-1)32(28-15-5-2-6-16-28)26-30(34-19-9-12-24-37-34)25-29(33-18-8-11-23-36-33)20-21-31-17-7-10-22-35-31/h1-19,21-24,29-30,32H,20,25-26H2/q-1/b31-21+. The number of nitrogens with zero attached hydrogens (tertiary/aromatic N) is 3. The minimum Gasteiger partial charge on any atom is -0.664 e. The molecule has 3 nitrogen and oxygen atoms in total. The second kappa shape index (κ2) is 12.6. The van der Waals surface area contributed by atoms with E-state index in [-0.39, 0.29) is 17.8 Å². The Morgan fingerprint density at radius 2 is 1.22 bits per heavy atom. The summed E-state index contributed by atoms with van der Waals surface area (Å²) in [7, 11) is 0. The van der Waals surface area contributed by atoms with Crippen LogP contribution in [0.4, 0.5) is 0 Å². The van der Waals surface area contributed by atoms with Gasteiger partial charge in [0.25, 0.3) is 0 Å². The van der Waals surface area contributed by atoms with E-state index in [9.17, 15) is 0 Å². The fourth-order valence-electron chi connectivity index (χ4n) is 5.13. The van der Waals surface area contributed by atoms with Crippen LogP contribution < -0.4 is 0 Å².